The summed E-state index contributed by atoms with van der Waals surface area (Å²) < 4.78 is 0. The van der Waals surface area contributed by atoms with E-state index in [0.29, 0.717) is 0 Å². The Morgan fingerprint density at radius 3 is 2.62 bits per heavy atom. The van der Waals surface area contributed by atoms with Gasteiger partial charge in [-0.1, -0.05) is 13.8 Å². The van der Waals surface area contributed by atoms with Crippen molar-refractivity contribution in [2.75, 3.05) is 26.2 Å². The predicted octanol–water partition coefficient (Wildman–Crippen LogP) is -0.277. The monoisotopic (exact) mass is 227 g/mol. The molecule has 0 aromatic rings. The number of imide groups is 1. The van der Waals surface area contributed by atoms with Crippen LogP contribution < -0.4 is 10.6 Å². The molecule has 16 heavy (non-hydrogen) atoms. The molecule has 0 radical (unpaired) electrons. The molecule has 2 N–H and O–H groups in total. The lowest BCUT2D eigenvalue weighted by Gasteiger charge is -2.20. The minimum Gasteiger partial charge on any atom is -0.304 e. The predicted molar refractivity (Wildman–Crippen MR) is 62.0 cm³/mol. The average molecular weight is 227 g/mol. The number of carbonyl (C=O) groups excluding carboxylic acids is 2. The third-order valence-corrected chi connectivity index (χ3v) is 2.77. The van der Waals surface area contributed by atoms with Crippen molar-refractivity contribution in [1.29, 1.82) is 0 Å². The largest absolute Gasteiger partial charge is 0.304 e. The Balaban J connectivity index is 2.19. The van der Waals surface area contributed by atoms with Gasteiger partial charge in [-0.3, -0.25) is 14.9 Å². The molecule has 5 nitrogen and oxygen atoms in total. The first-order chi connectivity index (χ1) is 7.67. The SMILES string of the molecule is CCCN(CC)CCNC1CC(=O)NC1=O. The minimum atomic E-state index is -0.326. The molecule has 0 aromatic heterocycles. The maximum Gasteiger partial charge on any atom is 0.244 e. The summed E-state index contributed by atoms with van der Waals surface area (Å²) in [5.41, 5.74) is 0. The van der Waals surface area contributed by atoms with Gasteiger partial charge in [-0.2, -0.15) is 0 Å². The quantitative estimate of drug-likeness (QED) is 0.587. The zero-order valence-corrected chi connectivity index (χ0v) is 10.1. The van der Waals surface area contributed by atoms with Gasteiger partial charge in [0.15, 0.2) is 0 Å². The van der Waals surface area contributed by atoms with Crippen LogP contribution in [0.3, 0.4) is 0 Å². The highest BCUT2D eigenvalue weighted by Crippen LogP contribution is 2.00. The van der Waals surface area contributed by atoms with Gasteiger partial charge >= 0.3 is 0 Å². The average Bonchev–Trinajstić information content (AvgIpc) is 2.56. The van der Waals surface area contributed by atoms with Gasteiger partial charge in [0.1, 0.15) is 0 Å². The smallest absolute Gasteiger partial charge is 0.244 e. The maximum absolute atomic E-state index is 11.2. The van der Waals surface area contributed by atoms with E-state index in [1.807, 2.05) is 0 Å². The van der Waals surface area contributed by atoms with Crippen LogP contribution in [0.15, 0.2) is 0 Å². The van der Waals surface area contributed by atoms with E-state index in [1.54, 1.807) is 0 Å². The van der Waals surface area contributed by atoms with E-state index < -0.39 is 0 Å². The van der Waals surface area contributed by atoms with Crippen molar-refractivity contribution >= 4 is 11.8 Å². The van der Waals surface area contributed by atoms with E-state index in [-0.39, 0.29) is 24.3 Å². The molecule has 1 fully saturated rings. The first-order valence-corrected chi connectivity index (χ1v) is 5.96. The highest BCUT2D eigenvalue weighted by atomic mass is 16.2. The fraction of sp³-hybridized carbons (Fsp3) is 0.818. The van der Waals surface area contributed by atoms with Crippen LogP contribution in [0.25, 0.3) is 0 Å². The number of hydrogen-bond donors (Lipinski definition) is 2. The number of rotatable bonds is 7. The Hall–Kier alpha value is -0.940. The van der Waals surface area contributed by atoms with Gasteiger partial charge in [0.05, 0.1) is 12.5 Å². The van der Waals surface area contributed by atoms with E-state index in [0.717, 1.165) is 32.6 Å². The molecule has 1 atom stereocenters. The zero-order valence-electron chi connectivity index (χ0n) is 10.1. The number of nitrogens with zero attached hydrogens (tertiary/aromatic N) is 1. The highest BCUT2D eigenvalue weighted by molar-refractivity contribution is 6.05. The van der Waals surface area contributed by atoms with Gasteiger partial charge in [-0.25, -0.2) is 0 Å². The molecule has 1 aliphatic rings. The van der Waals surface area contributed by atoms with Crippen molar-refractivity contribution in [2.24, 2.45) is 0 Å². The van der Waals surface area contributed by atoms with Crippen molar-refractivity contribution in [3.63, 3.8) is 0 Å². The van der Waals surface area contributed by atoms with Crippen LogP contribution in [0, 0.1) is 0 Å². The second-order valence-electron chi connectivity index (χ2n) is 4.06. The van der Waals surface area contributed by atoms with E-state index >= 15 is 0 Å². The fourth-order valence-electron chi connectivity index (χ4n) is 1.86. The summed E-state index contributed by atoms with van der Waals surface area (Å²) >= 11 is 0. The maximum atomic E-state index is 11.2. The molecule has 1 saturated heterocycles. The van der Waals surface area contributed by atoms with Crippen LogP contribution in [0.1, 0.15) is 26.7 Å². The van der Waals surface area contributed by atoms with Crippen molar-refractivity contribution in [3.8, 4) is 0 Å². The zero-order chi connectivity index (χ0) is 12.0. The number of carbonyl (C=O) groups is 2. The van der Waals surface area contributed by atoms with Gasteiger partial charge in [-0.15, -0.1) is 0 Å². The second kappa shape index (κ2) is 6.60. The Labute approximate surface area is 96.6 Å². The first kappa shape index (κ1) is 13.1. The number of amides is 2. The van der Waals surface area contributed by atoms with Crippen LogP contribution in [-0.4, -0.2) is 48.9 Å². The lowest BCUT2D eigenvalue weighted by molar-refractivity contribution is -0.125. The molecule has 0 aromatic carbocycles. The molecule has 0 spiro atoms. The molecule has 2 amide bonds. The topological polar surface area (TPSA) is 61.4 Å². The van der Waals surface area contributed by atoms with E-state index in [9.17, 15) is 9.59 Å². The summed E-state index contributed by atoms with van der Waals surface area (Å²) in [7, 11) is 0. The van der Waals surface area contributed by atoms with Crippen molar-refractivity contribution in [3.05, 3.63) is 0 Å². The van der Waals surface area contributed by atoms with Crippen LogP contribution in [-0.2, 0) is 9.59 Å². The Bertz CT molecular complexity index is 256. The highest BCUT2D eigenvalue weighted by Gasteiger charge is 2.29. The summed E-state index contributed by atoms with van der Waals surface area (Å²) in [5, 5.41) is 5.40. The Kier molecular flexibility index (Phi) is 5.42. The molecule has 1 heterocycles. The number of likely N-dealkylation sites (N-methyl/N-ethyl adjacent to an activating group) is 1. The Morgan fingerprint density at radius 2 is 2.12 bits per heavy atom. The lowest BCUT2D eigenvalue weighted by atomic mass is 10.2. The molecule has 1 rings (SSSR count). The van der Waals surface area contributed by atoms with Crippen LogP contribution in [0.4, 0.5) is 0 Å². The Morgan fingerprint density at radius 1 is 1.38 bits per heavy atom. The van der Waals surface area contributed by atoms with Gasteiger partial charge in [0.2, 0.25) is 11.8 Å². The molecule has 1 unspecified atom stereocenters. The summed E-state index contributed by atoms with van der Waals surface area (Å²) in [5.74, 6) is -0.369. The molecule has 1 aliphatic heterocycles. The molecule has 0 aliphatic carbocycles. The van der Waals surface area contributed by atoms with Crippen LogP contribution in [0.2, 0.25) is 0 Å². The normalized spacial score (nSPS) is 20.6. The van der Waals surface area contributed by atoms with E-state index in [1.165, 1.54) is 0 Å². The molecule has 0 saturated carbocycles. The molecule has 0 bridgehead atoms. The third kappa shape index (κ3) is 3.90. The molecular weight excluding hydrogens is 206 g/mol. The lowest BCUT2D eigenvalue weighted by Crippen LogP contribution is -2.41. The van der Waals surface area contributed by atoms with Gasteiger partial charge in [0.25, 0.3) is 0 Å². The molecule has 5 heteroatoms. The van der Waals surface area contributed by atoms with Crippen LogP contribution >= 0.6 is 0 Å². The van der Waals surface area contributed by atoms with Gasteiger partial charge in [-0.05, 0) is 19.5 Å². The third-order valence-electron chi connectivity index (χ3n) is 2.77. The fourth-order valence-corrected chi connectivity index (χ4v) is 1.86. The van der Waals surface area contributed by atoms with E-state index in [4.69, 9.17) is 0 Å². The van der Waals surface area contributed by atoms with Gasteiger partial charge in [0, 0.05) is 13.1 Å². The summed E-state index contributed by atoms with van der Waals surface area (Å²) in [4.78, 5) is 24.5. The number of nitrogens with one attached hydrogen (secondary N) is 2. The van der Waals surface area contributed by atoms with Crippen molar-refractivity contribution in [2.45, 2.75) is 32.7 Å². The van der Waals surface area contributed by atoms with Gasteiger partial charge < -0.3 is 10.2 Å². The van der Waals surface area contributed by atoms with Crippen molar-refractivity contribution in [1.82, 2.24) is 15.5 Å². The number of hydrogen-bond acceptors (Lipinski definition) is 4. The summed E-state index contributed by atoms with van der Waals surface area (Å²) in [6.07, 6.45) is 1.41. The first-order valence-electron chi connectivity index (χ1n) is 5.96. The van der Waals surface area contributed by atoms with E-state index in [2.05, 4.69) is 29.4 Å². The van der Waals surface area contributed by atoms with Crippen LogP contribution in [0.5, 0.6) is 0 Å². The standard InChI is InChI=1S/C11H21N3O2/c1-3-6-14(4-2)7-5-12-9-8-10(15)13-11(9)16/h9,12H,3-8H2,1-2H3,(H,13,15,16). The van der Waals surface area contributed by atoms with Crippen molar-refractivity contribution < 1.29 is 9.59 Å². The molecular formula is C11H21N3O2. The molecule has 92 valence electrons. The summed E-state index contributed by atoms with van der Waals surface area (Å²) in [6.45, 7) is 8.04. The second-order valence-corrected chi connectivity index (χ2v) is 4.06. The summed E-state index contributed by atoms with van der Waals surface area (Å²) in [6, 6.07) is -0.326. The minimum absolute atomic E-state index is 0.177.